The van der Waals surface area contributed by atoms with Crippen molar-refractivity contribution in [3.63, 3.8) is 0 Å². The van der Waals surface area contributed by atoms with E-state index in [4.69, 9.17) is 0 Å². The number of carbonyl (C=O) groups excluding carboxylic acids is 1. The Hall–Kier alpha value is -2.24. The molecular formula is C24H29FN2O2. The average molecular weight is 397 g/mol. The number of benzene rings is 2. The molecule has 2 aliphatic rings. The lowest BCUT2D eigenvalue weighted by Gasteiger charge is -2.52. The van der Waals surface area contributed by atoms with Crippen LogP contribution < -0.4 is 5.32 Å². The van der Waals surface area contributed by atoms with Crippen LogP contribution >= 0.6 is 0 Å². The third-order valence-corrected chi connectivity index (χ3v) is 6.56. The first-order chi connectivity index (χ1) is 14.0. The molecule has 154 valence electrons. The molecule has 29 heavy (non-hydrogen) atoms. The van der Waals surface area contributed by atoms with Crippen LogP contribution in [0.25, 0.3) is 0 Å². The summed E-state index contributed by atoms with van der Waals surface area (Å²) in [6, 6.07) is 16.3. The minimum atomic E-state index is -0.686. The van der Waals surface area contributed by atoms with Crippen molar-refractivity contribution < 1.29 is 14.3 Å². The summed E-state index contributed by atoms with van der Waals surface area (Å²) in [6.07, 6.45) is 4.55. The molecule has 0 aromatic heterocycles. The van der Waals surface area contributed by atoms with E-state index in [2.05, 4.69) is 10.2 Å². The van der Waals surface area contributed by atoms with Crippen LogP contribution in [0.2, 0.25) is 0 Å². The highest BCUT2D eigenvalue weighted by atomic mass is 19.1. The molecule has 2 N–H and O–H groups in total. The number of fused-ring (bicyclic) bond motifs is 1. The number of nitrogens with one attached hydrogen (secondary N) is 1. The summed E-state index contributed by atoms with van der Waals surface area (Å²) in [7, 11) is 0. The Kier molecular flexibility index (Phi) is 5.97. The maximum absolute atomic E-state index is 13.5. The van der Waals surface area contributed by atoms with E-state index in [9.17, 15) is 14.3 Å². The van der Waals surface area contributed by atoms with Crippen molar-refractivity contribution in [2.24, 2.45) is 5.92 Å². The normalized spacial score (nSPS) is 27.2. The standard InChI is InChI=1S/C24H29FN2O2/c25-20-11-9-19(10-12-20)23-21-8-4-5-13-24(21,29)14-15-27(23)17-22(28)26-16-18-6-2-1-3-7-18/h1-3,6-7,9-12,21,23,29H,4-5,8,13-17H2,(H,26,28). The number of carbonyl (C=O) groups is 1. The number of amides is 1. The molecule has 0 radical (unpaired) electrons. The van der Waals surface area contributed by atoms with Crippen LogP contribution in [-0.2, 0) is 11.3 Å². The van der Waals surface area contributed by atoms with Crippen LogP contribution in [0.3, 0.4) is 0 Å². The predicted octanol–water partition coefficient (Wildman–Crippen LogP) is 3.81. The summed E-state index contributed by atoms with van der Waals surface area (Å²) >= 11 is 0. The summed E-state index contributed by atoms with van der Waals surface area (Å²) in [6.45, 7) is 1.44. The maximum Gasteiger partial charge on any atom is 0.234 e. The molecule has 2 aromatic carbocycles. The molecular weight excluding hydrogens is 367 g/mol. The Balaban J connectivity index is 1.51. The predicted molar refractivity (Wildman–Crippen MR) is 111 cm³/mol. The van der Waals surface area contributed by atoms with E-state index in [1.165, 1.54) is 12.1 Å². The highest BCUT2D eigenvalue weighted by Gasteiger charge is 2.49. The minimum Gasteiger partial charge on any atom is -0.389 e. The van der Waals surface area contributed by atoms with Crippen molar-refractivity contribution >= 4 is 5.91 Å². The fourth-order valence-electron chi connectivity index (χ4n) is 5.06. The van der Waals surface area contributed by atoms with E-state index in [0.717, 1.165) is 36.8 Å². The second kappa shape index (κ2) is 8.64. The molecule has 1 aliphatic carbocycles. The monoisotopic (exact) mass is 396 g/mol. The van der Waals surface area contributed by atoms with Gasteiger partial charge in [0.25, 0.3) is 0 Å². The first-order valence-corrected chi connectivity index (χ1v) is 10.6. The van der Waals surface area contributed by atoms with Gasteiger partial charge in [0, 0.05) is 25.0 Å². The van der Waals surface area contributed by atoms with Gasteiger partial charge in [0.15, 0.2) is 0 Å². The molecule has 0 bridgehead atoms. The van der Waals surface area contributed by atoms with Gasteiger partial charge in [-0.1, -0.05) is 55.3 Å². The molecule has 1 heterocycles. The highest BCUT2D eigenvalue weighted by Crippen LogP contribution is 2.49. The Morgan fingerprint density at radius 3 is 2.62 bits per heavy atom. The zero-order chi connectivity index (χ0) is 20.3. The highest BCUT2D eigenvalue weighted by molar-refractivity contribution is 5.78. The van der Waals surface area contributed by atoms with Gasteiger partial charge in [-0.3, -0.25) is 9.69 Å². The van der Waals surface area contributed by atoms with Crippen molar-refractivity contribution in [2.75, 3.05) is 13.1 Å². The summed E-state index contributed by atoms with van der Waals surface area (Å²) in [5.41, 5.74) is 1.36. The summed E-state index contributed by atoms with van der Waals surface area (Å²) in [4.78, 5) is 14.8. The third kappa shape index (κ3) is 4.51. The second-order valence-electron chi connectivity index (χ2n) is 8.44. The van der Waals surface area contributed by atoms with Gasteiger partial charge in [0.05, 0.1) is 12.1 Å². The largest absolute Gasteiger partial charge is 0.389 e. The van der Waals surface area contributed by atoms with Crippen molar-refractivity contribution in [2.45, 2.75) is 50.3 Å². The van der Waals surface area contributed by atoms with Gasteiger partial charge in [-0.2, -0.15) is 0 Å². The quantitative estimate of drug-likeness (QED) is 0.808. The van der Waals surface area contributed by atoms with E-state index in [1.807, 2.05) is 30.3 Å². The van der Waals surface area contributed by atoms with Crippen molar-refractivity contribution in [1.29, 1.82) is 0 Å². The SMILES string of the molecule is O=C(CN1CCC2(O)CCCCC2C1c1ccc(F)cc1)NCc1ccccc1. The molecule has 2 aromatic rings. The molecule has 2 fully saturated rings. The smallest absolute Gasteiger partial charge is 0.234 e. The van der Waals surface area contributed by atoms with Gasteiger partial charge in [0.1, 0.15) is 5.82 Å². The Morgan fingerprint density at radius 2 is 1.86 bits per heavy atom. The summed E-state index contributed by atoms with van der Waals surface area (Å²) < 4.78 is 13.5. The maximum atomic E-state index is 13.5. The number of halogens is 1. The van der Waals surface area contributed by atoms with Gasteiger partial charge in [-0.15, -0.1) is 0 Å². The van der Waals surface area contributed by atoms with Crippen LogP contribution in [0.15, 0.2) is 54.6 Å². The van der Waals surface area contributed by atoms with E-state index >= 15 is 0 Å². The lowest BCUT2D eigenvalue weighted by molar-refractivity contribution is -0.138. The molecule has 4 nitrogen and oxygen atoms in total. The van der Waals surface area contributed by atoms with Crippen molar-refractivity contribution in [1.82, 2.24) is 10.2 Å². The molecule has 1 amide bonds. The Morgan fingerprint density at radius 1 is 1.10 bits per heavy atom. The first kappa shape index (κ1) is 20.0. The number of hydrogen-bond donors (Lipinski definition) is 2. The van der Waals surface area contributed by atoms with Crippen molar-refractivity contribution in [3.8, 4) is 0 Å². The lowest BCUT2D eigenvalue weighted by Crippen LogP contribution is -2.56. The van der Waals surface area contributed by atoms with Gasteiger partial charge in [-0.25, -0.2) is 4.39 Å². The Labute approximate surface area is 171 Å². The minimum absolute atomic E-state index is 0.0257. The topological polar surface area (TPSA) is 52.6 Å². The van der Waals surface area contributed by atoms with E-state index < -0.39 is 5.60 Å². The zero-order valence-corrected chi connectivity index (χ0v) is 16.7. The van der Waals surface area contributed by atoms with E-state index in [0.29, 0.717) is 19.5 Å². The molecule has 4 rings (SSSR count). The Bertz CT molecular complexity index is 827. The summed E-state index contributed by atoms with van der Waals surface area (Å²) in [5.74, 6) is -0.227. The van der Waals surface area contributed by atoms with Crippen molar-refractivity contribution in [3.05, 3.63) is 71.5 Å². The third-order valence-electron chi connectivity index (χ3n) is 6.56. The van der Waals surface area contributed by atoms with Crippen LogP contribution in [0.1, 0.15) is 49.3 Å². The van der Waals surface area contributed by atoms with Gasteiger partial charge < -0.3 is 10.4 Å². The number of aliphatic hydroxyl groups is 1. The first-order valence-electron chi connectivity index (χ1n) is 10.6. The lowest BCUT2D eigenvalue weighted by atomic mass is 9.66. The molecule has 1 aliphatic heterocycles. The molecule has 0 spiro atoms. The fourth-order valence-corrected chi connectivity index (χ4v) is 5.06. The molecule has 1 saturated heterocycles. The van der Waals surface area contributed by atoms with E-state index in [-0.39, 0.29) is 30.2 Å². The van der Waals surface area contributed by atoms with E-state index in [1.54, 1.807) is 12.1 Å². The van der Waals surface area contributed by atoms with Gasteiger partial charge >= 0.3 is 0 Å². The summed E-state index contributed by atoms with van der Waals surface area (Å²) in [5, 5.41) is 14.3. The molecule has 3 atom stereocenters. The van der Waals surface area contributed by atoms with Crippen LogP contribution in [0.5, 0.6) is 0 Å². The molecule has 1 saturated carbocycles. The van der Waals surface area contributed by atoms with Crippen LogP contribution in [-0.4, -0.2) is 34.6 Å². The number of piperidine rings is 1. The molecule has 5 heteroatoms. The van der Waals surface area contributed by atoms with Gasteiger partial charge in [0.2, 0.25) is 5.91 Å². The number of nitrogens with zero attached hydrogens (tertiary/aromatic N) is 1. The van der Waals surface area contributed by atoms with Crippen LogP contribution in [0, 0.1) is 11.7 Å². The number of hydrogen-bond acceptors (Lipinski definition) is 3. The second-order valence-corrected chi connectivity index (χ2v) is 8.44. The van der Waals surface area contributed by atoms with Crippen LogP contribution in [0.4, 0.5) is 4.39 Å². The number of likely N-dealkylation sites (tertiary alicyclic amines) is 1. The molecule has 3 unspecified atom stereocenters. The fraction of sp³-hybridized carbons (Fsp3) is 0.458. The average Bonchev–Trinajstić information content (AvgIpc) is 2.74. The number of rotatable bonds is 5. The van der Waals surface area contributed by atoms with Gasteiger partial charge in [-0.05, 0) is 42.5 Å². The zero-order valence-electron chi connectivity index (χ0n) is 16.7.